The lowest BCUT2D eigenvalue weighted by molar-refractivity contribution is 0.0141. The Hall–Kier alpha value is -3.72. The summed E-state index contributed by atoms with van der Waals surface area (Å²) in [5.41, 5.74) is 0.351. The number of fused-ring (bicyclic) bond motifs is 4. The number of amides is 2. The van der Waals surface area contributed by atoms with E-state index in [0.717, 1.165) is 0 Å². The molecule has 180 valence electrons. The molecule has 0 aliphatic carbocycles. The summed E-state index contributed by atoms with van der Waals surface area (Å²) in [6.07, 6.45) is -0.405. The summed E-state index contributed by atoms with van der Waals surface area (Å²) in [6.45, 7) is 6.81. The normalized spacial score (nSPS) is 15.3. The van der Waals surface area contributed by atoms with Crippen LogP contribution < -0.4 is 5.56 Å². The minimum absolute atomic E-state index is 0.00431. The van der Waals surface area contributed by atoms with E-state index in [2.05, 4.69) is 4.98 Å². The molecule has 0 saturated carbocycles. The van der Waals surface area contributed by atoms with Crippen LogP contribution in [0, 0.1) is 0 Å². The van der Waals surface area contributed by atoms with Crippen LogP contribution in [-0.2, 0) is 4.74 Å². The summed E-state index contributed by atoms with van der Waals surface area (Å²) in [5.74, 6) is -0.684. The van der Waals surface area contributed by atoms with Gasteiger partial charge in [0.2, 0.25) is 5.78 Å². The van der Waals surface area contributed by atoms with E-state index in [1.807, 2.05) is 0 Å². The molecular formula is C25H23ClN4O5. The van der Waals surface area contributed by atoms with E-state index in [1.165, 1.54) is 10.6 Å². The number of carbonyl (C=O) groups excluding carboxylic acids is 3. The first-order chi connectivity index (χ1) is 16.5. The maximum Gasteiger partial charge on any atom is 0.410 e. The van der Waals surface area contributed by atoms with Crippen LogP contribution in [0.5, 0.6) is 0 Å². The van der Waals surface area contributed by atoms with E-state index in [1.54, 1.807) is 60.9 Å². The van der Waals surface area contributed by atoms with Crippen molar-refractivity contribution < 1.29 is 19.1 Å². The third-order valence-corrected chi connectivity index (χ3v) is 6.22. The highest BCUT2D eigenvalue weighted by Crippen LogP contribution is 2.28. The average molecular weight is 495 g/mol. The second-order valence-corrected chi connectivity index (χ2v) is 9.99. The van der Waals surface area contributed by atoms with Gasteiger partial charge in [-0.05, 0) is 57.2 Å². The van der Waals surface area contributed by atoms with Crippen LogP contribution in [0.1, 0.15) is 47.3 Å². The quantitative estimate of drug-likeness (QED) is 0.402. The van der Waals surface area contributed by atoms with Gasteiger partial charge in [0, 0.05) is 36.8 Å². The van der Waals surface area contributed by atoms with Crippen molar-refractivity contribution in [3.63, 3.8) is 0 Å². The van der Waals surface area contributed by atoms with Gasteiger partial charge in [-0.25, -0.2) is 9.78 Å². The molecule has 35 heavy (non-hydrogen) atoms. The van der Waals surface area contributed by atoms with E-state index in [4.69, 9.17) is 16.3 Å². The zero-order chi connectivity index (χ0) is 25.1. The van der Waals surface area contributed by atoms with E-state index in [-0.39, 0.29) is 22.9 Å². The van der Waals surface area contributed by atoms with E-state index >= 15 is 0 Å². The molecule has 2 aliphatic heterocycles. The third-order valence-electron chi connectivity index (χ3n) is 5.98. The number of piperazine rings is 1. The highest BCUT2D eigenvalue weighted by molar-refractivity contribution is 6.31. The van der Waals surface area contributed by atoms with Gasteiger partial charge in [-0.1, -0.05) is 11.6 Å². The summed E-state index contributed by atoms with van der Waals surface area (Å²) in [7, 11) is 0. The van der Waals surface area contributed by atoms with Gasteiger partial charge < -0.3 is 14.5 Å². The standard InChI is InChI=1S/C25H23ClN4O5/c1-25(2,3)35-24(34)29-10-8-28(9-11-29)22(32)14-4-7-19-17(12-14)20(31)21-27-18-13-15(26)5-6-16(18)23(33)30(19)21/h4-7,12-13H,8-11H2,1-3H3. The van der Waals surface area contributed by atoms with Crippen LogP contribution >= 0.6 is 11.6 Å². The molecule has 0 atom stereocenters. The van der Waals surface area contributed by atoms with Gasteiger partial charge in [-0.2, -0.15) is 0 Å². The summed E-state index contributed by atoms with van der Waals surface area (Å²) >= 11 is 6.03. The van der Waals surface area contributed by atoms with Crippen LogP contribution in [-0.4, -0.2) is 68.9 Å². The van der Waals surface area contributed by atoms with Crippen molar-refractivity contribution in [2.75, 3.05) is 26.2 Å². The third kappa shape index (κ3) is 4.05. The molecule has 1 fully saturated rings. The van der Waals surface area contributed by atoms with Crippen LogP contribution in [0.4, 0.5) is 4.79 Å². The topological polar surface area (TPSA) is 102 Å². The van der Waals surface area contributed by atoms with Crippen LogP contribution in [0.3, 0.4) is 0 Å². The van der Waals surface area contributed by atoms with E-state index < -0.39 is 17.5 Å². The predicted molar refractivity (Wildman–Crippen MR) is 129 cm³/mol. The molecule has 3 heterocycles. The Balaban J connectivity index is 1.38. The molecule has 0 N–H and O–H groups in total. The fourth-order valence-corrected chi connectivity index (χ4v) is 4.47. The van der Waals surface area contributed by atoms with Gasteiger partial charge in [0.25, 0.3) is 11.5 Å². The average Bonchev–Trinajstić information content (AvgIpc) is 3.09. The largest absolute Gasteiger partial charge is 0.444 e. The Bertz CT molecular complexity index is 1470. The Kier molecular flexibility index (Phi) is 5.40. The van der Waals surface area contributed by atoms with Crippen LogP contribution in [0.25, 0.3) is 16.6 Å². The summed E-state index contributed by atoms with van der Waals surface area (Å²) < 4.78 is 6.68. The monoisotopic (exact) mass is 494 g/mol. The number of rotatable bonds is 1. The van der Waals surface area contributed by atoms with Gasteiger partial charge >= 0.3 is 6.09 Å². The van der Waals surface area contributed by atoms with Crippen LogP contribution in [0.2, 0.25) is 5.02 Å². The summed E-state index contributed by atoms with van der Waals surface area (Å²) in [6, 6.07) is 9.42. The number of ether oxygens (including phenoxy) is 1. The molecule has 0 unspecified atom stereocenters. The van der Waals surface area contributed by atoms with Crippen molar-refractivity contribution in [2.24, 2.45) is 0 Å². The van der Waals surface area contributed by atoms with Crippen molar-refractivity contribution >= 4 is 40.3 Å². The van der Waals surface area contributed by atoms with Crippen molar-refractivity contribution in [3.8, 4) is 5.69 Å². The van der Waals surface area contributed by atoms with Gasteiger partial charge in [0.05, 0.1) is 22.2 Å². The highest BCUT2D eigenvalue weighted by Gasteiger charge is 2.33. The van der Waals surface area contributed by atoms with E-state index in [0.29, 0.717) is 53.4 Å². The molecule has 9 nitrogen and oxygen atoms in total. The number of carbonyl (C=O) groups is 3. The van der Waals surface area contributed by atoms with Crippen molar-refractivity contribution in [1.82, 2.24) is 19.4 Å². The number of ketones is 1. The zero-order valence-electron chi connectivity index (χ0n) is 19.5. The first kappa shape index (κ1) is 23.0. The fourth-order valence-electron chi connectivity index (χ4n) is 4.30. The molecule has 0 bridgehead atoms. The predicted octanol–water partition coefficient (Wildman–Crippen LogP) is 3.28. The SMILES string of the molecule is CC(C)(C)OC(=O)N1CCN(C(=O)c2ccc3c(c2)C(=O)c2nc4cc(Cl)ccc4c(=O)n2-3)CC1. The molecule has 5 rings (SSSR count). The first-order valence-electron chi connectivity index (χ1n) is 11.2. The molecule has 2 aromatic carbocycles. The number of aromatic nitrogens is 2. The number of hydrogen-bond acceptors (Lipinski definition) is 6. The van der Waals surface area contributed by atoms with Gasteiger partial charge in [0.1, 0.15) is 5.60 Å². The Morgan fingerprint density at radius 1 is 0.971 bits per heavy atom. The molecular weight excluding hydrogens is 472 g/mol. The second kappa shape index (κ2) is 8.20. The lowest BCUT2D eigenvalue weighted by Crippen LogP contribution is -2.51. The van der Waals surface area contributed by atoms with E-state index in [9.17, 15) is 19.2 Å². The second-order valence-electron chi connectivity index (χ2n) is 9.56. The Labute approximate surface area is 205 Å². The lowest BCUT2D eigenvalue weighted by Gasteiger charge is -2.35. The molecule has 3 aromatic rings. The maximum atomic E-state index is 13.2. The number of benzene rings is 2. The first-order valence-corrected chi connectivity index (χ1v) is 11.6. The smallest absolute Gasteiger partial charge is 0.410 e. The summed E-state index contributed by atoms with van der Waals surface area (Å²) in [5, 5.41) is 0.763. The molecule has 1 aromatic heterocycles. The highest BCUT2D eigenvalue weighted by atomic mass is 35.5. The lowest BCUT2D eigenvalue weighted by atomic mass is 10.1. The zero-order valence-corrected chi connectivity index (χ0v) is 20.3. The maximum absolute atomic E-state index is 13.2. The minimum atomic E-state index is -0.590. The number of nitrogens with zero attached hydrogens (tertiary/aromatic N) is 4. The molecule has 2 amide bonds. The minimum Gasteiger partial charge on any atom is -0.444 e. The van der Waals surface area contributed by atoms with Gasteiger partial charge in [-0.15, -0.1) is 0 Å². The molecule has 1 saturated heterocycles. The molecule has 2 aliphatic rings. The molecule has 0 radical (unpaired) electrons. The fraction of sp³-hybridized carbons (Fsp3) is 0.320. The molecule has 0 spiro atoms. The van der Waals surface area contributed by atoms with Gasteiger partial charge in [-0.3, -0.25) is 19.0 Å². The van der Waals surface area contributed by atoms with Crippen molar-refractivity contribution in [3.05, 3.63) is 68.7 Å². The Morgan fingerprint density at radius 3 is 2.34 bits per heavy atom. The van der Waals surface area contributed by atoms with Crippen LogP contribution in [0.15, 0.2) is 41.2 Å². The van der Waals surface area contributed by atoms with Crippen molar-refractivity contribution in [1.29, 1.82) is 0 Å². The molecule has 10 heteroatoms. The number of hydrogen-bond donors (Lipinski definition) is 0. The van der Waals surface area contributed by atoms with Crippen molar-refractivity contribution in [2.45, 2.75) is 26.4 Å². The van der Waals surface area contributed by atoms with Gasteiger partial charge in [0.15, 0.2) is 5.82 Å². The number of halogens is 1. The summed E-state index contributed by atoms with van der Waals surface area (Å²) in [4.78, 5) is 59.2. The Morgan fingerprint density at radius 2 is 1.66 bits per heavy atom.